The Labute approximate surface area is 105 Å². The van der Waals surface area contributed by atoms with Crippen molar-refractivity contribution >= 4 is 5.69 Å². The second kappa shape index (κ2) is 5.78. The fraction of sp³-hybridized carbons (Fsp3) is 0.444. The number of aliphatic hydroxyl groups is 1. The largest absolute Gasteiger partial charge is 0.405 e. The van der Waals surface area contributed by atoms with Crippen molar-refractivity contribution < 1.29 is 22.7 Å². The van der Waals surface area contributed by atoms with Crippen LogP contribution in [0.2, 0.25) is 0 Å². The lowest BCUT2D eigenvalue weighted by Gasteiger charge is -2.20. The topological polar surface area (TPSA) is 102 Å². The van der Waals surface area contributed by atoms with Crippen LogP contribution < -0.4 is 16.8 Å². The first kappa shape index (κ1) is 15.1. The molecule has 10 heteroatoms. The van der Waals surface area contributed by atoms with Crippen molar-refractivity contribution in [3.63, 3.8) is 0 Å². The lowest BCUT2D eigenvalue weighted by Crippen LogP contribution is -2.33. The summed E-state index contributed by atoms with van der Waals surface area (Å²) < 4.78 is 50.2. The van der Waals surface area contributed by atoms with E-state index in [1.54, 1.807) is 0 Å². The summed E-state index contributed by atoms with van der Waals surface area (Å²) in [5, 5.41) is 14.5. The van der Waals surface area contributed by atoms with E-state index in [-0.39, 0.29) is 11.4 Å². The minimum Gasteiger partial charge on any atom is -0.403 e. The zero-order valence-corrected chi connectivity index (χ0v) is 9.65. The van der Waals surface area contributed by atoms with E-state index in [2.05, 4.69) is 5.10 Å². The number of anilines is 1. The normalized spacial score (nSPS) is 14.5. The van der Waals surface area contributed by atoms with Gasteiger partial charge in [0, 0.05) is 6.20 Å². The van der Waals surface area contributed by atoms with Gasteiger partial charge in [0.15, 0.2) is 0 Å². The summed E-state index contributed by atoms with van der Waals surface area (Å²) in [6, 6.07) is -1.08. The Morgan fingerprint density at radius 1 is 1.58 bits per heavy atom. The van der Waals surface area contributed by atoms with E-state index < -0.39 is 31.3 Å². The van der Waals surface area contributed by atoms with Crippen molar-refractivity contribution in [3.05, 3.63) is 24.0 Å². The van der Waals surface area contributed by atoms with Gasteiger partial charge < -0.3 is 21.9 Å². The SMILES string of the molecule is N/C=C(\NCC(F)(F)F)C(CO)n1cc(N)c(F)n1. The number of rotatable bonds is 5. The molecular formula is C9H13F4N5O. The minimum absolute atomic E-state index is 0.151. The summed E-state index contributed by atoms with van der Waals surface area (Å²) in [5.41, 5.74) is 9.98. The molecule has 0 saturated carbocycles. The summed E-state index contributed by atoms with van der Waals surface area (Å²) in [4.78, 5) is 0. The summed E-state index contributed by atoms with van der Waals surface area (Å²) in [7, 11) is 0. The Morgan fingerprint density at radius 2 is 2.21 bits per heavy atom. The number of nitrogens with two attached hydrogens (primary N) is 2. The second-order valence-corrected chi connectivity index (χ2v) is 3.64. The van der Waals surface area contributed by atoms with E-state index in [0.29, 0.717) is 0 Å². The molecule has 0 aliphatic carbocycles. The molecule has 1 aromatic heterocycles. The highest BCUT2D eigenvalue weighted by atomic mass is 19.4. The molecule has 1 atom stereocenters. The van der Waals surface area contributed by atoms with Crippen LogP contribution in [0.5, 0.6) is 0 Å². The quantitative estimate of drug-likeness (QED) is 0.574. The first-order valence-electron chi connectivity index (χ1n) is 5.12. The van der Waals surface area contributed by atoms with Gasteiger partial charge in [-0.15, -0.1) is 5.10 Å². The molecule has 6 N–H and O–H groups in total. The van der Waals surface area contributed by atoms with Gasteiger partial charge in [-0.25, -0.2) is 0 Å². The van der Waals surface area contributed by atoms with E-state index in [1.807, 2.05) is 5.32 Å². The Kier molecular flexibility index (Phi) is 4.59. The molecule has 19 heavy (non-hydrogen) atoms. The molecule has 1 aromatic rings. The summed E-state index contributed by atoms with van der Waals surface area (Å²) >= 11 is 0. The Hall–Kier alpha value is -1.97. The number of hydrogen-bond acceptors (Lipinski definition) is 5. The molecule has 0 fully saturated rings. The number of nitrogen functional groups attached to an aromatic ring is 1. The minimum atomic E-state index is -4.46. The standard InChI is InChI=1S/C9H13F4N5O/c10-8-5(15)2-18(17-8)7(3-19)6(1-14)16-4-9(11,12)13/h1-2,7,16,19H,3-4,14-15H2/b6-1-. The average molecular weight is 283 g/mol. The highest BCUT2D eigenvalue weighted by Gasteiger charge is 2.28. The third-order valence-corrected chi connectivity index (χ3v) is 2.24. The molecule has 1 heterocycles. The van der Waals surface area contributed by atoms with Gasteiger partial charge in [-0.3, -0.25) is 4.68 Å². The van der Waals surface area contributed by atoms with Crippen LogP contribution in [-0.2, 0) is 0 Å². The molecule has 6 nitrogen and oxygen atoms in total. The predicted octanol–water partition coefficient (Wildman–Crippen LogP) is 0.0898. The summed E-state index contributed by atoms with van der Waals surface area (Å²) in [5.74, 6) is -0.981. The lowest BCUT2D eigenvalue weighted by atomic mass is 10.2. The Balaban J connectivity index is 2.88. The fourth-order valence-corrected chi connectivity index (χ4v) is 1.36. The van der Waals surface area contributed by atoms with Crippen LogP contribution in [-0.4, -0.2) is 34.2 Å². The molecule has 0 aromatic carbocycles. The molecule has 0 saturated heterocycles. The van der Waals surface area contributed by atoms with Crippen LogP contribution in [0.3, 0.4) is 0 Å². The number of halogens is 4. The summed E-state index contributed by atoms with van der Waals surface area (Å²) in [6.07, 6.45) is -2.56. The van der Waals surface area contributed by atoms with Crippen LogP contribution >= 0.6 is 0 Å². The van der Waals surface area contributed by atoms with E-state index in [4.69, 9.17) is 16.6 Å². The van der Waals surface area contributed by atoms with Gasteiger partial charge in [-0.2, -0.15) is 17.6 Å². The molecule has 1 rings (SSSR count). The number of hydrogen-bond donors (Lipinski definition) is 4. The highest BCUT2D eigenvalue weighted by Crippen LogP contribution is 2.19. The lowest BCUT2D eigenvalue weighted by molar-refractivity contribution is -0.123. The fourth-order valence-electron chi connectivity index (χ4n) is 1.36. The number of nitrogens with one attached hydrogen (secondary N) is 1. The van der Waals surface area contributed by atoms with E-state index in [0.717, 1.165) is 17.1 Å². The Morgan fingerprint density at radius 3 is 2.58 bits per heavy atom. The monoisotopic (exact) mass is 283 g/mol. The zero-order chi connectivity index (χ0) is 14.6. The van der Waals surface area contributed by atoms with E-state index in [1.165, 1.54) is 0 Å². The molecular weight excluding hydrogens is 270 g/mol. The summed E-state index contributed by atoms with van der Waals surface area (Å²) in [6.45, 7) is -1.97. The van der Waals surface area contributed by atoms with E-state index in [9.17, 15) is 17.6 Å². The molecule has 0 spiro atoms. The molecule has 0 amide bonds. The third-order valence-electron chi connectivity index (χ3n) is 2.24. The van der Waals surface area contributed by atoms with Crippen molar-refractivity contribution in [1.29, 1.82) is 0 Å². The van der Waals surface area contributed by atoms with Crippen molar-refractivity contribution in [2.75, 3.05) is 18.9 Å². The second-order valence-electron chi connectivity index (χ2n) is 3.64. The third kappa shape index (κ3) is 4.02. The van der Waals surface area contributed by atoms with Crippen LogP contribution in [0.15, 0.2) is 18.1 Å². The molecule has 0 aliphatic rings. The maximum absolute atomic E-state index is 13.0. The van der Waals surface area contributed by atoms with Crippen LogP contribution in [0.1, 0.15) is 6.04 Å². The molecule has 0 aliphatic heterocycles. The zero-order valence-electron chi connectivity index (χ0n) is 9.65. The average Bonchev–Trinajstić information content (AvgIpc) is 2.63. The van der Waals surface area contributed by atoms with E-state index >= 15 is 0 Å². The van der Waals surface area contributed by atoms with Gasteiger partial charge in [0.1, 0.15) is 18.3 Å². The maximum Gasteiger partial charge on any atom is 0.405 e. The number of aromatic nitrogens is 2. The van der Waals surface area contributed by atoms with Gasteiger partial charge >= 0.3 is 6.18 Å². The van der Waals surface area contributed by atoms with Crippen molar-refractivity contribution in [2.45, 2.75) is 12.2 Å². The van der Waals surface area contributed by atoms with Gasteiger partial charge in [-0.05, 0) is 0 Å². The van der Waals surface area contributed by atoms with Crippen LogP contribution in [0.4, 0.5) is 23.2 Å². The number of aliphatic hydroxyl groups excluding tert-OH is 1. The first-order valence-corrected chi connectivity index (χ1v) is 5.12. The van der Waals surface area contributed by atoms with Crippen LogP contribution in [0.25, 0.3) is 0 Å². The van der Waals surface area contributed by atoms with Gasteiger partial charge in [0.25, 0.3) is 5.95 Å². The maximum atomic E-state index is 13.0. The van der Waals surface area contributed by atoms with Crippen molar-refractivity contribution in [3.8, 4) is 0 Å². The Bertz CT molecular complexity index is 436. The number of alkyl halides is 3. The first-order chi connectivity index (χ1) is 8.78. The smallest absolute Gasteiger partial charge is 0.403 e. The highest BCUT2D eigenvalue weighted by molar-refractivity contribution is 5.33. The number of nitrogens with zero attached hydrogens (tertiary/aromatic N) is 2. The molecule has 1 unspecified atom stereocenters. The van der Waals surface area contributed by atoms with Crippen LogP contribution in [0, 0.1) is 5.95 Å². The van der Waals surface area contributed by atoms with Gasteiger partial charge in [-0.1, -0.05) is 0 Å². The molecule has 0 bridgehead atoms. The molecule has 108 valence electrons. The van der Waals surface area contributed by atoms with Crippen molar-refractivity contribution in [1.82, 2.24) is 15.1 Å². The van der Waals surface area contributed by atoms with Gasteiger partial charge in [0.05, 0.1) is 18.5 Å². The molecule has 0 radical (unpaired) electrons. The van der Waals surface area contributed by atoms with Crippen molar-refractivity contribution in [2.24, 2.45) is 5.73 Å². The predicted molar refractivity (Wildman–Crippen MR) is 59.0 cm³/mol. The van der Waals surface area contributed by atoms with Gasteiger partial charge in [0.2, 0.25) is 0 Å².